The maximum atomic E-state index is 13.8. The molecule has 2 heterocycles. The van der Waals surface area contributed by atoms with Gasteiger partial charge in [-0.25, -0.2) is 4.68 Å². The summed E-state index contributed by atoms with van der Waals surface area (Å²) >= 11 is 11.7. The number of nitrogens with zero attached hydrogens (tertiary/aromatic N) is 2. The van der Waals surface area contributed by atoms with Crippen LogP contribution in [0.1, 0.15) is 34.6 Å². The number of carbonyl (C=O) groups is 1. The van der Waals surface area contributed by atoms with Crippen molar-refractivity contribution >= 4 is 40.6 Å². The lowest BCUT2D eigenvalue weighted by Gasteiger charge is -2.33. The Morgan fingerprint density at radius 2 is 1.81 bits per heavy atom. The van der Waals surface area contributed by atoms with Crippen molar-refractivity contribution in [1.82, 2.24) is 9.78 Å². The monoisotopic (exact) mass is 470 g/mol. The van der Waals surface area contributed by atoms with E-state index < -0.39 is 24.2 Å². The Hall–Kier alpha value is -2.91. The lowest BCUT2D eigenvalue weighted by Crippen LogP contribution is -2.35. The quantitative estimate of drug-likeness (QED) is 0.422. The molecular formula is C20H15Cl2F3N4O2. The first-order chi connectivity index (χ1) is 14.6. The largest absolute Gasteiger partial charge is 0.506 e. The molecule has 0 fully saturated rings. The van der Waals surface area contributed by atoms with E-state index in [1.54, 1.807) is 24.3 Å². The van der Waals surface area contributed by atoms with Crippen LogP contribution in [0.4, 0.5) is 24.7 Å². The predicted molar refractivity (Wildman–Crippen MR) is 111 cm³/mol. The Morgan fingerprint density at radius 1 is 1.13 bits per heavy atom. The molecule has 0 aliphatic carbocycles. The van der Waals surface area contributed by atoms with Crippen LogP contribution in [-0.4, -0.2) is 27.0 Å². The molecule has 0 radical (unpaired) electrons. The number of alkyl halides is 3. The first-order valence-electron chi connectivity index (χ1n) is 9.10. The van der Waals surface area contributed by atoms with Gasteiger partial charge in [-0.15, -0.1) is 0 Å². The highest BCUT2D eigenvalue weighted by molar-refractivity contribution is 6.31. The molecule has 3 N–H and O–H groups in total. The van der Waals surface area contributed by atoms with Crippen molar-refractivity contribution in [1.29, 1.82) is 0 Å². The number of amides is 1. The number of phenols is 1. The number of fused-ring (bicyclic) bond motifs is 1. The Bertz CT molecular complexity index is 1130. The van der Waals surface area contributed by atoms with E-state index in [1.165, 1.54) is 24.3 Å². The number of rotatable bonds is 3. The molecule has 31 heavy (non-hydrogen) atoms. The van der Waals surface area contributed by atoms with Crippen LogP contribution in [0.3, 0.4) is 0 Å². The van der Waals surface area contributed by atoms with Crippen LogP contribution in [0, 0.1) is 0 Å². The van der Waals surface area contributed by atoms with E-state index in [1.807, 2.05) is 0 Å². The lowest BCUT2D eigenvalue weighted by molar-refractivity contribution is -0.173. The molecule has 1 aliphatic heterocycles. The summed E-state index contributed by atoms with van der Waals surface area (Å²) in [7, 11) is 0. The summed E-state index contributed by atoms with van der Waals surface area (Å²) in [6.07, 6.45) is -4.89. The number of carbonyl (C=O) groups excluding carboxylic acids is 1. The molecule has 0 saturated heterocycles. The Balaban J connectivity index is 1.65. The summed E-state index contributed by atoms with van der Waals surface area (Å²) in [6, 6.07) is 9.18. The normalized spacial score (nSPS) is 18.2. The van der Waals surface area contributed by atoms with Gasteiger partial charge in [-0.2, -0.15) is 18.3 Å². The third-order valence-corrected chi connectivity index (χ3v) is 5.39. The zero-order chi connectivity index (χ0) is 22.3. The van der Waals surface area contributed by atoms with Crippen molar-refractivity contribution in [3.63, 3.8) is 0 Å². The van der Waals surface area contributed by atoms with Crippen molar-refractivity contribution in [2.45, 2.75) is 24.7 Å². The summed E-state index contributed by atoms with van der Waals surface area (Å²) in [6.45, 7) is 0. The van der Waals surface area contributed by atoms with Crippen LogP contribution in [0.5, 0.6) is 5.75 Å². The fraction of sp³-hybridized carbons (Fsp3) is 0.200. The highest BCUT2D eigenvalue weighted by atomic mass is 35.5. The van der Waals surface area contributed by atoms with Gasteiger partial charge in [0.15, 0.2) is 11.7 Å². The van der Waals surface area contributed by atoms with E-state index >= 15 is 0 Å². The minimum absolute atomic E-state index is 0.0165. The number of aromatic hydroxyl groups is 1. The van der Waals surface area contributed by atoms with Crippen molar-refractivity contribution in [3.05, 3.63) is 69.8 Å². The van der Waals surface area contributed by atoms with Gasteiger partial charge < -0.3 is 15.7 Å². The second-order valence-electron chi connectivity index (χ2n) is 7.02. The fourth-order valence-corrected chi connectivity index (χ4v) is 3.69. The van der Waals surface area contributed by atoms with Gasteiger partial charge in [-0.1, -0.05) is 35.3 Å². The van der Waals surface area contributed by atoms with Gasteiger partial charge in [0.05, 0.1) is 11.7 Å². The second-order valence-corrected chi connectivity index (χ2v) is 7.89. The van der Waals surface area contributed by atoms with Crippen molar-refractivity contribution in [2.24, 2.45) is 0 Å². The van der Waals surface area contributed by atoms with Gasteiger partial charge in [0.2, 0.25) is 0 Å². The molecule has 0 bridgehead atoms. The van der Waals surface area contributed by atoms with Gasteiger partial charge in [-0.3, -0.25) is 4.79 Å². The topological polar surface area (TPSA) is 79.2 Å². The molecule has 4 rings (SSSR count). The van der Waals surface area contributed by atoms with E-state index in [0.717, 1.165) is 4.68 Å². The van der Waals surface area contributed by atoms with Gasteiger partial charge in [0, 0.05) is 22.5 Å². The van der Waals surface area contributed by atoms with Crippen LogP contribution in [0.15, 0.2) is 48.5 Å². The molecular weight excluding hydrogens is 456 g/mol. The summed E-state index contributed by atoms with van der Waals surface area (Å²) < 4.78 is 42.1. The minimum Gasteiger partial charge on any atom is -0.506 e. The van der Waals surface area contributed by atoms with E-state index in [9.17, 15) is 23.1 Å². The highest BCUT2D eigenvalue weighted by Gasteiger charge is 2.46. The molecule has 0 spiro atoms. The van der Waals surface area contributed by atoms with Crippen molar-refractivity contribution in [3.8, 4) is 5.75 Å². The molecule has 1 aliphatic rings. The first-order valence-corrected chi connectivity index (χ1v) is 9.85. The van der Waals surface area contributed by atoms with Crippen LogP contribution in [0.25, 0.3) is 0 Å². The van der Waals surface area contributed by atoms with E-state index in [2.05, 4.69) is 15.7 Å². The highest BCUT2D eigenvalue weighted by Crippen LogP contribution is 2.43. The summed E-state index contributed by atoms with van der Waals surface area (Å²) in [5.74, 6) is -0.977. The first kappa shape index (κ1) is 21.3. The Kier molecular flexibility index (Phi) is 5.49. The maximum Gasteiger partial charge on any atom is 0.410 e. The minimum atomic E-state index is -4.58. The molecule has 1 amide bonds. The van der Waals surface area contributed by atoms with Gasteiger partial charge in [-0.05, 0) is 35.9 Å². The average Bonchev–Trinajstić information content (AvgIpc) is 3.14. The standard InChI is InChI=1S/C20H15Cl2F3N4O2/c21-11-3-1-10(2-4-11)13-8-17(20(23,24)25)29-18(26-13)9-15(28-29)19(31)27-14-7-12(22)5-6-16(14)30/h1-7,9,13,17,26,30H,8H2,(H,27,31)/t13-,17+/m0/s1. The molecule has 162 valence electrons. The number of anilines is 2. The predicted octanol–water partition coefficient (Wildman–Crippen LogP) is 5.81. The number of halogens is 5. The lowest BCUT2D eigenvalue weighted by atomic mass is 9.97. The SMILES string of the molecule is O=C(Nc1cc(Cl)ccc1O)c1cc2n(n1)[C@@H](C(F)(F)F)C[C@@H](c1ccc(Cl)cc1)N2. The molecule has 1 aromatic heterocycles. The molecule has 0 saturated carbocycles. The van der Waals surface area contributed by atoms with Crippen LogP contribution >= 0.6 is 23.2 Å². The number of aromatic nitrogens is 2. The smallest absolute Gasteiger partial charge is 0.410 e. The van der Waals surface area contributed by atoms with E-state index in [0.29, 0.717) is 10.6 Å². The second kappa shape index (κ2) is 7.97. The van der Waals surface area contributed by atoms with Gasteiger partial charge in [0.1, 0.15) is 11.6 Å². The molecule has 3 aromatic rings. The van der Waals surface area contributed by atoms with E-state index in [4.69, 9.17) is 23.2 Å². The fourth-order valence-electron chi connectivity index (χ4n) is 3.39. The molecule has 0 unspecified atom stereocenters. The third kappa shape index (κ3) is 4.42. The number of phenolic OH excluding ortho intramolecular Hbond substituents is 1. The maximum absolute atomic E-state index is 13.8. The number of nitrogens with one attached hydrogen (secondary N) is 2. The van der Waals surface area contributed by atoms with Crippen molar-refractivity contribution in [2.75, 3.05) is 10.6 Å². The molecule has 6 nitrogen and oxygen atoms in total. The third-order valence-electron chi connectivity index (χ3n) is 4.90. The number of hydrogen-bond donors (Lipinski definition) is 3. The number of benzene rings is 2. The van der Waals surface area contributed by atoms with Crippen LogP contribution in [0.2, 0.25) is 10.0 Å². The van der Waals surface area contributed by atoms with Crippen LogP contribution in [-0.2, 0) is 0 Å². The van der Waals surface area contributed by atoms with Gasteiger partial charge in [0.25, 0.3) is 5.91 Å². The Labute approximate surface area is 184 Å². The van der Waals surface area contributed by atoms with E-state index in [-0.39, 0.29) is 34.4 Å². The molecule has 11 heteroatoms. The average molecular weight is 471 g/mol. The van der Waals surface area contributed by atoms with Crippen molar-refractivity contribution < 1.29 is 23.1 Å². The molecule has 2 aromatic carbocycles. The summed E-state index contributed by atoms with van der Waals surface area (Å²) in [4.78, 5) is 12.6. The summed E-state index contributed by atoms with van der Waals surface area (Å²) in [5, 5.41) is 19.9. The molecule has 2 atom stereocenters. The number of hydrogen-bond acceptors (Lipinski definition) is 4. The Morgan fingerprint density at radius 3 is 2.48 bits per heavy atom. The van der Waals surface area contributed by atoms with Gasteiger partial charge >= 0.3 is 6.18 Å². The zero-order valence-electron chi connectivity index (χ0n) is 15.6. The summed E-state index contributed by atoms with van der Waals surface area (Å²) in [5.41, 5.74) is 0.400. The zero-order valence-corrected chi connectivity index (χ0v) is 17.1. The van der Waals surface area contributed by atoms with Crippen LogP contribution < -0.4 is 10.6 Å².